The third kappa shape index (κ3) is 2.56. The van der Waals surface area contributed by atoms with Crippen LogP contribution < -0.4 is 5.73 Å². The summed E-state index contributed by atoms with van der Waals surface area (Å²) in [5.41, 5.74) is 6.92. The van der Waals surface area contributed by atoms with Crippen molar-refractivity contribution in [2.24, 2.45) is 10.7 Å². The van der Waals surface area contributed by atoms with Crippen LogP contribution in [-0.4, -0.2) is 23.9 Å². The number of nitrogens with zero attached hydrogens (tertiary/aromatic N) is 1. The van der Waals surface area contributed by atoms with Crippen molar-refractivity contribution < 1.29 is 5.11 Å². The molecule has 0 saturated carbocycles. The smallest absolute Gasteiger partial charge is 0.124 e. The molecule has 1 aromatic rings. The Kier molecular flexibility index (Phi) is 3.46. The van der Waals surface area contributed by atoms with E-state index in [0.29, 0.717) is 13.1 Å². The number of hydrogen-bond acceptors (Lipinski definition) is 3. The number of aliphatic imine (C=N–C) groups is 1. The molecule has 3 heteroatoms. The van der Waals surface area contributed by atoms with Crippen LogP contribution in [0.15, 0.2) is 29.3 Å². The van der Waals surface area contributed by atoms with Gasteiger partial charge in [-0.3, -0.25) is 4.99 Å². The molecule has 0 unspecified atom stereocenters. The number of phenols is 1. The summed E-state index contributed by atoms with van der Waals surface area (Å²) >= 11 is 0. The fraction of sp³-hybridized carbons (Fsp3) is 0.300. The highest BCUT2D eigenvalue weighted by Crippen LogP contribution is 2.16. The zero-order valence-corrected chi connectivity index (χ0v) is 7.70. The van der Waals surface area contributed by atoms with Gasteiger partial charge in [-0.05, 0) is 19.1 Å². The number of rotatable bonds is 3. The summed E-state index contributed by atoms with van der Waals surface area (Å²) < 4.78 is 0. The van der Waals surface area contributed by atoms with Crippen molar-refractivity contribution in [2.75, 3.05) is 13.1 Å². The highest BCUT2D eigenvalue weighted by Gasteiger charge is 2.01. The van der Waals surface area contributed by atoms with Crippen LogP contribution in [0.3, 0.4) is 0 Å². The number of benzene rings is 1. The molecule has 0 aliphatic heterocycles. The van der Waals surface area contributed by atoms with Gasteiger partial charge in [-0.1, -0.05) is 12.1 Å². The average molecular weight is 178 g/mol. The van der Waals surface area contributed by atoms with Gasteiger partial charge in [-0.2, -0.15) is 0 Å². The molecule has 0 saturated heterocycles. The average Bonchev–Trinajstić information content (AvgIpc) is 2.15. The van der Waals surface area contributed by atoms with Crippen LogP contribution >= 0.6 is 0 Å². The van der Waals surface area contributed by atoms with Crippen molar-refractivity contribution in [3.8, 4) is 5.75 Å². The molecule has 0 aliphatic carbocycles. The maximum absolute atomic E-state index is 9.47. The van der Waals surface area contributed by atoms with Gasteiger partial charge in [0, 0.05) is 17.8 Å². The van der Waals surface area contributed by atoms with Crippen molar-refractivity contribution in [3.05, 3.63) is 29.8 Å². The fourth-order valence-corrected chi connectivity index (χ4v) is 1.10. The second kappa shape index (κ2) is 4.62. The molecular weight excluding hydrogens is 164 g/mol. The lowest BCUT2D eigenvalue weighted by Gasteiger charge is -2.02. The van der Waals surface area contributed by atoms with E-state index in [4.69, 9.17) is 5.73 Å². The van der Waals surface area contributed by atoms with Crippen LogP contribution in [0.1, 0.15) is 12.5 Å². The highest BCUT2D eigenvalue weighted by molar-refractivity contribution is 6.00. The first-order chi connectivity index (χ1) is 6.25. The van der Waals surface area contributed by atoms with E-state index in [2.05, 4.69) is 4.99 Å². The van der Waals surface area contributed by atoms with E-state index in [1.807, 2.05) is 19.1 Å². The SMILES string of the molecule is C/C(=N\CCN)c1ccccc1O. The number of hydrogen-bond donors (Lipinski definition) is 2. The number of phenolic OH excluding ortho intramolecular Hbond substituents is 1. The van der Waals surface area contributed by atoms with Crippen molar-refractivity contribution in [1.82, 2.24) is 0 Å². The van der Waals surface area contributed by atoms with Crippen LogP contribution in [0.5, 0.6) is 5.75 Å². The Morgan fingerprint density at radius 1 is 1.46 bits per heavy atom. The standard InChI is InChI=1S/C10H14N2O/c1-8(12-7-6-11)9-4-2-3-5-10(9)13/h2-5,13H,6-7,11H2,1H3/b12-8+. The first kappa shape index (κ1) is 9.74. The van der Waals surface area contributed by atoms with E-state index in [1.54, 1.807) is 12.1 Å². The Balaban J connectivity index is 2.88. The van der Waals surface area contributed by atoms with Gasteiger partial charge in [-0.25, -0.2) is 0 Å². The molecule has 0 fully saturated rings. The molecule has 0 aliphatic rings. The molecule has 0 spiro atoms. The summed E-state index contributed by atoms with van der Waals surface area (Å²) in [5.74, 6) is 0.265. The molecule has 1 rings (SSSR count). The molecule has 70 valence electrons. The van der Waals surface area contributed by atoms with Gasteiger partial charge < -0.3 is 10.8 Å². The summed E-state index contributed by atoms with van der Waals surface area (Å²) in [6.45, 7) is 3.00. The summed E-state index contributed by atoms with van der Waals surface area (Å²) in [4.78, 5) is 4.21. The van der Waals surface area contributed by atoms with Gasteiger partial charge in [0.1, 0.15) is 5.75 Å². The minimum Gasteiger partial charge on any atom is -0.507 e. The molecule has 0 heterocycles. The first-order valence-electron chi connectivity index (χ1n) is 4.25. The van der Waals surface area contributed by atoms with Gasteiger partial charge in [0.25, 0.3) is 0 Å². The van der Waals surface area contributed by atoms with Gasteiger partial charge in [0.05, 0.1) is 6.54 Å². The van der Waals surface area contributed by atoms with Crippen LogP contribution in [-0.2, 0) is 0 Å². The molecule has 13 heavy (non-hydrogen) atoms. The number of aromatic hydroxyl groups is 1. The molecule has 0 amide bonds. The lowest BCUT2D eigenvalue weighted by atomic mass is 10.1. The second-order valence-corrected chi connectivity index (χ2v) is 2.77. The van der Waals surface area contributed by atoms with Crippen LogP contribution in [0.25, 0.3) is 0 Å². The summed E-state index contributed by atoms with van der Waals surface area (Å²) in [5, 5.41) is 9.47. The van der Waals surface area contributed by atoms with Crippen molar-refractivity contribution in [3.63, 3.8) is 0 Å². The third-order valence-corrected chi connectivity index (χ3v) is 1.77. The quantitative estimate of drug-likeness (QED) is 0.682. The minimum atomic E-state index is 0.265. The summed E-state index contributed by atoms with van der Waals surface area (Å²) in [6.07, 6.45) is 0. The van der Waals surface area contributed by atoms with E-state index >= 15 is 0 Å². The van der Waals surface area contributed by atoms with E-state index in [-0.39, 0.29) is 5.75 Å². The van der Waals surface area contributed by atoms with Crippen molar-refractivity contribution in [1.29, 1.82) is 0 Å². The third-order valence-electron chi connectivity index (χ3n) is 1.77. The van der Waals surface area contributed by atoms with Crippen LogP contribution in [0, 0.1) is 0 Å². The first-order valence-corrected chi connectivity index (χ1v) is 4.25. The van der Waals surface area contributed by atoms with Crippen molar-refractivity contribution >= 4 is 5.71 Å². The van der Waals surface area contributed by atoms with Gasteiger partial charge in [0.15, 0.2) is 0 Å². The van der Waals surface area contributed by atoms with E-state index in [9.17, 15) is 5.11 Å². The predicted octanol–water partition coefficient (Wildman–Crippen LogP) is 1.16. The Hall–Kier alpha value is -1.35. The van der Waals surface area contributed by atoms with Gasteiger partial charge in [-0.15, -0.1) is 0 Å². The lowest BCUT2D eigenvalue weighted by molar-refractivity contribution is 0.474. The Morgan fingerprint density at radius 2 is 2.15 bits per heavy atom. The molecule has 3 nitrogen and oxygen atoms in total. The zero-order chi connectivity index (χ0) is 9.68. The Labute approximate surface area is 77.9 Å². The van der Waals surface area contributed by atoms with Gasteiger partial charge in [0.2, 0.25) is 0 Å². The van der Waals surface area contributed by atoms with Gasteiger partial charge >= 0.3 is 0 Å². The van der Waals surface area contributed by atoms with E-state index in [1.165, 1.54) is 0 Å². The Bertz CT molecular complexity index is 308. The van der Waals surface area contributed by atoms with Crippen LogP contribution in [0.4, 0.5) is 0 Å². The molecule has 0 atom stereocenters. The summed E-state index contributed by atoms with van der Waals surface area (Å²) in [6, 6.07) is 7.15. The zero-order valence-electron chi connectivity index (χ0n) is 7.70. The maximum atomic E-state index is 9.47. The van der Waals surface area contributed by atoms with Crippen LogP contribution in [0.2, 0.25) is 0 Å². The molecule has 0 radical (unpaired) electrons. The predicted molar refractivity (Wildman–Crippen MR) is 54.2 cm³/mol. The van der Waals surface area contributed by atoms with E-state index < -0.39 is 0 Å². The fourth-order valence-electron chi connectivity index (χ4n) is 1.10. The maximum Gasteiger partial charge on any atom is 0.124 e. The van der Waals surface area contributed by atoms with Crippen molar-refractivity contribution in [2.45, 2.75) is 6.92 Å². The topological polar surface area (TPSA) is 58.6 Å². The number of nitrogens with two attached hydrogens (primary N) is 1. The van der Waals surface area contributed by atoms with E-state index in [0.717, 1.165) is 11.3 Å². The molecule has 0 aromatic heterocycles. The monoisotopic (exact) mass is 178 g/mol. The minimum absolute atomic E-state index is 0.265. The normalized spacial score (nSPS) is 11.7. The second-order valence-electron chi connectivity index (χ2n) is 2.77. The molecule has 0 bridgehead atoms. The summed E-state index contributed by atoms with van der Waals surface area (Å²) in [7, 11) is 0. The molecule has 3 N–H and O–H groups in total. The lowest BCUT2D eigenvalue weighted by Crippen LogP contribution is -2.05. The Morgan fingerprint density at radius 3 is 2.77 bits per heavy atom. The molecular formula is C10H14N2O. The highest BCUT2D eigenvalue weighted by atomic mass is 16.3. The largest absolute Gasteiger partial charge is 0.507 e. The molecule has 1 aromatic carbocycles. The number of para-hydroxylation sites is 1.